The zero-order chi connectivity index (χ0) is 18.1. The Balaban J connectivity index is 1.70. The first-order valence-electron chi connectivity index (χ1n) is 9.22. The van der Waals surface area contributed by atoms with E-state index in [0.717, 1.165) is 11.4 Å². The maximum Gasteiger partial charge on any atom is 0.0470 e. The summed E-state index contributed by atoms with van der Waals surface area (Å²) >= 11 is 0. The third kappa shape index (κ3) is 2.84. The van der Waals surface area contributed by atoms with Crippen LogP contribution in [-0.4, -0.2) is 0 Å². The first-order chi connectivity index (χ1) is 13.4. The van der Waals surface area contributed by atoms with Crippen LogP contribution in [0.3, 0.4) is 0 Å². The van der Waals surface area contributed by atoms with Gasteiger partial charge in [0, 0.05) is 22.3 Å². The molecule has 128 valence electrons. The van der Waals surface area contributed by atoms with Crippen LogP contribution < -0.4 is 5.32 Å². The van der Waals surface area contributed by atoms with Gasteiger partial charge < -0.3 is 5.32 Å². The van der Waals surface area contributed by atoms with E-state index in [0.29, 0.717) is 0 Å². The highest BCUT2D eigenvalue weighted by molar-refractivity contribution is 6.13. The quantitative estimate of drug-likeness (QED) is 0.336. The van der Waals surface area contributed by atoms with Gasteiger partial charge in [0.25, 0.3) is 0 Å². The van der Waals surface area contributed by atoms with Crippen molar-refractivity contribution < 1.29 is 0 Å². The molecular weight excluding hydrogens is 326 g/mol. The maximum atomic E-state index is 3.71. The van der Waals surface area contributed by atoms with Crippen LogP contribution in [0.5, 0.6) is 0 Å². The predicted octanol–water partition coefficient (Wildman–Crippen LogP) is 7.40. The first kappa shape index (κ1) is 15.7. The fraction of sp³-hybridized carbons (Fsp3) is 0. The van der Waals surface area contributed by atoms with Gasteiger partial charge >= 0.3 is 0 Å². The molecular formula is C26H19N. The minimum Gasteiger partial charge on any atom is -0.354 e. The Bertz CT molecular complexity index is 1240. The molecule has 0 atom stereocenters. The number of fused-ring (bicyclic) bond motifs is 3. The molecule has 0 radical (unpaired) electrons. The molecule has 0 aliphatic rings. The monoisotopic (exact) mass is 345 g/mol. The van der Waals surface area contributed by atoms with Crippen molar-refractivity contribution in [2.24, 2.45) is 0 Å². The lowest BCUT2D eigenvalue weighted by molar-refractivity contribution is 1.56. The molecule has 27 heavy (non-hydrogen) atoms. The molecule has 5 rings (SSSR count). The first-order valence-corrected chi connectivity index (χ1v) is 9.22. The third-order valence-electron chi connectivity index (χ3n) is 5.05. The van der Waals surface area contributed by atoms with Gasteiger partial charge in [-0.2, -0.15) is 0 Å². The molecule has 0 heterocycles. The highest BCUT2D eigenvalue weighted by Crippen LogP contribution is 2.36. The molecule has 0 amide bonds. The lowest BCUT2D eigenvalue weighted by Gasteiger charge is -2.16. The van der Waals surface area contributed by atoms with E-state index in [1.165, 1.54) is 32.7 Å². The smallest absolute Gasteiger partial charge is 0.0470 e. The van der Waals surface area contributed by atoms with Gasteiger partial charge in [-0.1, -0.05) is 97.1 Å². The molecule has 1 heteroatoms. The molecule has 1 N–H and O–H groups in total. The second-order valence-corrected chi connectivity index (χ2v) is 6.73. The largest absolute Gasteiger partial charge is 0.354 e. The molecule has 0 spiro atoms. The van der Waals surface area contributed by atoms with Gasteiger partial charge in [0.15, 0.2) is 0 Å². The summed E-state index contributed by atoms with van der Waals surface area (Å²) in [5.74, 6) is 0. The Morgan fingerprint density at radius 2 is 1.07 bits per heavy atom. The second kappa shape index (κ2) is 6.62. The summed E-state index contributed by atoms with van der Waals surface area (Å²) in [4.78, 5) is 0. The number of hydrogen-bond donors (Lipinski definition) is 1. The van der Waals surface area contributed by atoms with Crippen LogP contribution in [0, 0.1) is 0 Å². The van der Waals surface area contributed by atoms with Gasteiger partial charge in [-0.15, -0.1) is 0 Å². The highest BCUT2D eigenvalue weighted by Gasteiger charge is 2.09. The molecule has 5 aromatic carbocycles. The summed E-state index contributed by atoms with van der Waals surface area (Å²) in [6.07, 6.45) is 0. The van der Waals surface area contributed by atoms with Crippen molar-refractivity contribution in [3.8, 4) is 11.1 Å². The van der Waals surface area contributed by atoms with Crippen LogP contribution in [0.2, 0.25) is 0 Å². The predicted molar refractivity (Wildman–Crippen MR) is 117 cm³/mol. The van der Waals surface area contributed by atoms with E-state index in [-0.39, 0.29) is 0 Å². The molecule has 0 aliphatic carbocycles. The SMILES string of the molecule is c1ccc(-c2ccccc2Nc2cc3ccccc3c3ccccc23)cc1. The molecule has 0 aromatic heterocycles. The van der Waals surface area contributed by atoms with Crippen molar-refractivity contribution in [1.29, 1.82) is 0 Å². The van der Waals surface area contributed by atoms with E-state index in [1.807, 2.05) is 0 Å². The Kier molecular flexibility index (Phi) is 3.84. The molecule has 0 fully saturated rings. The fourth-order valence-electron chi connectivity index (χ4n) is 3.76. The van der Waals surface area contributed by atoms with Gasteiger partial charge in [0.2, 0.25) is 0 Å². The standard InChI is InChI=1S/C26H19N/c1-2-10-19(11-3-1)22-14-8-9-17-25(22)27-26-18-20-12-4-5-13-21(20)23-15-6-7-16-24(23)26/h1-18,27H. The van der Waals surface area contributed by atoms with Crippen LogP contribution in [0.15, 0.2) is 109 Å². The van der Waals surface area contributed by atoms with Crippen LogP contribution in [-0.2, 0) is 0 Å². The lowest BCUT2D eigenvalue weighted by Crippen LogP contribution is -1.95. The van der Waals surface area contributed by atoms with E-state index < -0.39 is 0 Å². The third-order valence-corrected chi connectivity index (χ3v) is 5.05. The van der Waals surface area contributed by atoms with E-state index in [1.54, 1.807) is 0 Å². The van der Waals surface area contributed by atoms with E-state index in [4.69, 9.17) is 0 Å². The number of benzene rings is 5. The molecule has 0 bridgehead atoms. The highest BCUT2D eigenvalue weighted by atomic mass is 14.9. The number of para-hydroxylation sites is 1. The fourth-order valence-corrected chi connectivity index (χ4v) is 3.76. The van der Waals surface area contributed by atoms with E-state index in [2.05, 4.69) is 115 Å². The zero-order valence-corrected chi connectivity index (χ0v) is 14.9. The van der Waals surface area contributed by atoms with E-state index in [9.17, 15) is 0 Å². The second-order valence-electron chi connectivity index (χ2n) is 6.73. The molecule has 1 nitrogen and oxygen atoms in total. The summed E-state index contributed by atoms with van der Waals surface area (Å²) in [6.45, 7) is 0. The summed E-state index contributed by atoms with van der Waals surface area (Å²) in [5, 5.41) is 8.75. The molecule has 0 unspecified atom stereocenters. The summed E-state index contributed by atoms with van der Waals surface area (Å²) in [6, 6.07) is 38.4. The van der Waals surface area contributed by atoms with Gasteiger partial charge in [-0.25, -0.2) is 0 Å². The van der Waals surface area contributed by atoms with Crippen LogP contribution in [0.25, 0.3) is 32.7 Å². The van der Waals surface area contributed by atoms with Crippen molar-refractivity contribution in [1.82, 2.24) is 0 Å². The molecule has 0 saturated carbocycles. The Morgan fingerprint density at radius 1 is 0.444 bits per heavy atom. The van der Waals surface area contributed by atoms with Crippen molar-refractivity contribution in [2.75, 3.05) is 5.32 Å². The minimum absolute atomic E-state index is 1.11. The van der Waals surface area contributed by atoms with Crippen molar-refractivity contribution >= 4 is 32.9 Å². The van der Waals surface area contributed by atoms with Crippen molar-refractivity contribution in [3.05, 3.63) is 109 Å². The number of nitrogens with one attached hydrogen (secondary N) is 1. The van der Waals surface area contributed by atoms with Gasteiger partial charge in [0.1, 0.15) is 0 Å². The maximum absolute atomic E-state index is 3.71. The van der Waals surface area contributed by atoms with Crippen LogP contribution in [0.4, 0.5) is 11.4 Å². The molecule has 0 saturated heterocycles. The van der Waals surface area contributed by atoms with E-state index >= 15 is 0 Å². The zero-order valence-electron chi connectivity index (χ0n) is 14.9. The lowest BCUT2D eigenvalue weighted by atomic mass is 9.99. The van der Waals surface area contributed by atoms with Crippen molar-refractivity contribution in [3.63, 3.8) is 0 Å². The van der Waals surface area contributed by atoms with Gasteiger partial charge in [0.05, 0.1) is 0 Å². The normalized spacial score (nSPS) is 11.0. The summed E-state index contributed by atoms with van der Waals surface area (Å²) in [5.41, 5.74) is 4.66. The number of anilines is 2. The number of hydrogen-bond acceptors (Lipinski definition) is 1. The van der Waals surface area contributed by atoms with Crippen LogP contribution in [0.1, 0.15) is 0 Å². The average Bonchev–Trinajstić information content (AvgIpc) is 2.75. The summed E-state index contributed by atoms with van der Waals surface area (Å²) < 4.78 is 0. The Labute approximate surface area is 158 Å². The Morgan fingerprint density at radius 3 is 1.93 bits per heavy atom. The average molecular weight is 345 g/mol. The van der Waals surface area contributed by atoms with Gasteiger partial charge in [-0.3, -0.25) is 0 Å². The summed E-state index contributed by atoms with van der Waals surface area (Å²) in [7, 11) is 0. The van der Waals surface area contributed by atoms with Gasteiger partial charge in [-0.05, 0) is 33.9 Å². The molecule has 0 aliphatic heterocycles. The van der Waals surface area contributed by atoms with Crippen molar-refractivity contribution in [2.45, 2.75) is 0 Å². The molecule has 5 aromatic rings. The topological polar surface area (TPSA) is 12.0 Å². The minimum atomic E-state index is 1.11. The number of rotatable bonds is 3. The Hall–Kier alpha value is -3.58. The van der Waals surface area contributed by atoms with Crippen LogP contribution >= 0.6 is 0 Å².